The molecule has 1 amide bonds. The van der Waals surface area contributed by atoms with E-state index in [1.807, 2.05) is 17.8 Å². The average Bonchev–Trinajstić information content (AvgIpc) is 2.35. The fraction of sp³-hybridized carbons (Fsp3) is 0.417. The number of benzene rings is 1. The highest BCUT2D eigenvalue weighted by atomic mass is 79.9. The van der Waals surface area contributed by atoms with Gasteiger partial charge in [-0.2, -0.15) is 11.8 Å². The van der Waals surface area contributed by atoms with Crippen LogP contribution in [0.2, 0.25) is 5.02 Å². The molecule has 0 bridgehead atoms. The van der Waals surface area contributed by atoms with Gasteiger partial charge in [0.2, 0.25) is 5.91 Å². The molecule has 1 atom stereocenters. The average molecular weight is 386 g/mol. The number of hydrogen-bond acceptors (Lipinski definition) is 3. The number of carbonyl (C=O) groups excluding carboxylic acids is 1. The van der Waals surface area contributed by atoms with Crippen molar-refractivity contribution in [3.05, 3.63) is 27.7 Å². The fourth-order valence-electron chi connectivity index (χ4n) is 1.76. The van der Waals surface area contributed by atoms with Gasteiger partial charge >= 0.3 is 0 Å². The Bertz CT molecular complexity index is 442. The molecule has 1 unspecified atom stereocenters. The lowest BCUT2D eigenvalue weighted by Gasteiger charge is -2.22. The molecule has 0 radical (unpaired) electrons. The van der Waals surface area contributed by atoms with Gasteiger partial charge in [-0.3, -0.25) is 4.79 Å². The summed E-state index contributed by atoms with van der Waals surface area (Å²) in [6.45, 7) is 0.981. The van der Waals surface area contributed by atoms with Gasteiger partial charge in [0.05, 0.1) is 5.02 Å². The quantitative estimate of drug-likeness (QED) is 0.835. The van der Waals surface area contributed by atoms with Gasteiger partial charge in [-0.05, 0) is 34.1 Å². The van der Waals surface area contributed by atoms with Crippen molar-refractivity contribution in [1.29, 1.82) is 0 Å². The molecule has 0 spiro atoms. The van der Waals surface area contributed by atoms with Gasteiger partial charge in [0, 0.05) is 40.7 Å². The zero-order chi connectivity index (χ0) is 13.0. The van der Waals surface area contributed by atoms with Crippen molar-refractivity contribution in [2.24, 2.45) is 0 Å². The molecule has 2 rings (SSSR count). The van der Waals surface area contributed by atoms with Crippen molar-refractivity contribution in [1.82, 2.24) is 5.32 Å². The molecule has 7 heteroatoms. The van der Waals surface area contributed by atoms with Gasteiger partial charge in [0.1, 0.15) is 0 Å². The molecule has 19 heavy (non-hydrogen) atoms. The van der Waals surface area contributed by atoms with E-state index in [4.69, 9.17) is 11.6 Å². The van der Waals surface area contributed by atoms with Crippen LogP contribution in [0, 0.1) is 0 Å². The Kier molecular flexibility index (Phi) is 7.54. The van der Waals surface area contributed by atoms with E-state index < -0.39 is 0 Å². The lowest BCUT2D eigenvalue weighted by Crippen LogP contribution is -2.39. The molecule has 1 aromatic rings. The molecule has 1 heterocycles. The molecule has 3 nitrogen and oxygen atoms in total. The summed E-state index contributed by atoms with van der Waals surface area (Å²) in [6.07, 6.45) is 0.507. The number of anilines is 1. The van der Waals surface area contributed by atoms with Crippen molar-refractivity contribution in [2.75, 3.05) is 23.4 Å². The Morgan fingerprint density at radius 3 is 3.00 bits per heavy atom. The number of carbonyl (C=O) groups is 1. The van der Waals surface area contributed by atoms with Crippen molar-refractivity contribution >= 4 is 63.3 Å². The van der Waals surface area contributed by atoms with Gasteiger partial charge in [-0.1, -0.05) is 11.6 Å². The first-order valence-corrected chi connectivity index (χ1v) is 8.04. The molecular formula is C12H15BrCl2N2OS. The third kappa shape index (κ3) is 5.52. The number of thioether (sulfide) groups is 1. The number of amides is 1. The van der Waals surface area contributed by atoms with Gasteiger partial charge in [-0.25, -0.2) is 0 Å². The molecular weight excluding hydrogens is 371 g/mol. The van der Waals surface area contributed by atoms with Crippen LogP contribution in [0.1, 0.15) is 6.42 Å². The maximum atomic E-state index is 11.9. The highest BCUT2D eigenvalue weighted by Gasteiger charge is 2.16. The minimum atomic E-state index is 0. The summed E-state index contributed by atoms with van der Waals surface area (Å²) < 4.78 is 0.785. The van der Waals surface area contributed by atoms with Gasteiger partial charge in [-0.15, -0.1) is 12.4 Å². The molecule has 0 saturated carbocycles. The monoisotopic (exact) mass is 384 g/mol. The highest BCUT2D eigenvalue weighted by Crippen LogP contribution is 2.25. The van der Waals surface area contributed by atoms with E-state index >= 15 is 0 Å². The van der Waals surface area contributed by atoms with Crippen molar-refractivity contribution < 1.29 is 4.79 Å². The van der Waals surface area contributed by atoms with E-state index in [2.05, 4.69) is 26.6 Å². The second-order valence-corrected chi connectivity index (χ2v) is 6.52. The smallest absolute Gasteiger partial charge is 0.225 e. The Morgan fingerprint density at radius 1 is 1.58 bits per heavy atom. The highest BCUT2D eigenvalue weighted by molar-refractivity contribution is 9.10. The minimum absolute atomic E-state index is 0. The largest absolute Gasteiger partial charge is 0.326 e. The first kappa shape index (κ1) is 17.1. The fourth-order valence-corrected chi connectivity index (χ4v) is 3.21. The summed E-state index contributed by atoms with van der Waals surface area (Å²) >= 11 is 11.1. The zero-order valence-electron chi connectivity index (χ0n) is 10.1. The molecule has 0 aromatic heterocycles. The molecule has 1 saturated heterocycles. The lowest BCUT2D eigenvalue weighted by molar-refractivity contribution is -0.116. The van der Waals surface area contributed by atoms with E-state index in [0.29, 0.717) is 11.4 Å². The molecule has 106 valence electrons. The lowest BCUT2D eigenvalue weighted by atomic mass is 10.2. The molecule has 1 aliphatic rings. The van der Waals surface area contributed by atoms with Gasteiger partial charge < -0.3 is 10.6 Å². The molecule has 1 aliphatic heterocycles. The normalized spacial score (nSPS) is 18.5. The standard InChI is InChI=1S/C12H14BrClN2OS.ClH/c13-10-5-8(1-2-11(10)14)16-12(17)6-9-7-18-4-3-15-9;/h1-2,5,9,15H,3-4,6-7H2,(H,16,17);1H. The SMILES string of the molecule is Cl.O=C(CC1CSCCN1)Nc1ccc(Cl)c(Br)c1. The van der Waals surface area contributed by atoms with Crippen molar-refractivity contribution in [2.45, 2.75) is 12.5 Å². The number of hydrogen-bond donors (Lipinski definition) is 2. The van der Waals surface area contributed by atoms with Crippen LogP contribution < -0.4 is 10.6 Å². The third-order valence-electron chi connectivity index (χ3n) is 2.63. The second kappa shape index (κ2) is 8.37. The van der Waals surface area contributed by atoms with Crippen molar-refractivity contribution in [3.8, 4) is 0 Å². The van der Waals surface area contributed by atoms with Crippen LogP contribution in [0.25, 0.3) is 0 Å². The van der Waals surface area contributed by atoms with Crippen LogP contribution in [0.3, 0.4) is 0 Å². The predicted octanol–water partition coefficient (Wildman–Crippen LogP) is 3.56. The van der Waals surface area contributed by atoms with Crippen LogP contribution in [0.15, 0.2) is 22.7 Å². The Hall–Kier alpha value is 0.0600. The number of rotatable bonds is 3. The van der Waals surface area contributed by atoms with Crippen LogP contribution in [0.5, 0.6) is 0 Å². The van der Waals surface area contributed by atoms with Crippen LogP contribution in [0.4, 0.5) is 5.69 Å². The Morgan fingerprint density at radius 2 is 2.37 bits per heavy atom. The summed E-state index contributed by atoms with van der Waals surface area (Å²) in [6, 6.07) is 5.65. The summed E-state index contributed by atoms with van der Waals surface area (Å²) in [5, 5.41) is 6.86. The van der Waals surface area contributed by atoms with Gasteiger partial charge in [0.15, 0.2) is 0 Å². The Labute approximate surface area is 136 Å². The van der Waals surface area contributed by atoms with Crippen LogP contribution >= 0.6 is 51.7 Å². The van der Waals surface area contributed by atoms with E-state index in [-0.39, 0.29) is 24.4 Å². The maximum Gasteiger partial charge on any atom is 0.225 e. The summed E-state index contributed by atoms with van der Waals surface area (Å²) in [4.78, 5) is 11.9. The van der Waals surface area contributed by atoms with Crippen LogP contribution in [-0.2, 0) is 4.79 Å². The van der Waals surface area contributed by atoms with E-state index in [0.717, 1.165) is 28.2 Å². The van der Waals surface area contributed by atoms with E-state index in [1.54, 1.807) is 12.1 Å². The molecule has 2 N–H and O–H groups in total. The zero-order valence-corrected chi connectivity index (χ0v) is 14.1. The summed E-state index contributed by atoms with van der Waals surface area (Å²) in [5.74, 6) is 2.16. The topological polar surface area (TPSA) is 41.1 Å². The van der Waals surface area contributed by atoms with E-state index in [1.165, 1.54) is 0 Å². The Balaban J connectivity index is 0.00000180. The minimum Gasteiger partial charge on any atom is -0.326 e. The molecule has 1 fully saturated rings. The van der Waals surface area contributed by atoms with Crippen LogP contribution in [-0.4, -0.2) is 30.0 Å². The van der Waals surface area contributed by atoms with E-state index in [9.17, 15) is 4.79 Å². The predicted molar refractivity (Wildman–Crippen MR) is 88.8 cm³/mol. The van der Waals surface area contributed by atoms with Crippen molar-refractivity contribution in [3.63, 3.8) is 0 Å². The molecule has 0 aliphatic carbocycles. The first-order valence-electron chi connectivity index (χ1n) is 5.71. The molecule has 1 aromatic carbocycles. The summed E-state index contributed by atoms with van der Waals surface area (Å²) in [5.41, 5.74) is 0.764. The number of halogens is 3. The summed E-state index contributed by atoms with van der Waals surface area (Å²) in [7, 11) is 0. The number of nitrogens with one attached hydrogen (secondary N) is 2. The third-order valence-corrected chi connectivity index (χ3v) is 4.98. The maximum absolute atomic E-state index is 11.9. The second-order valence-electron chi connectivity index (χ2n) is 4.11. The van der Waals surface area contributed by atoms with Gasteiger partial charge in [0.25, 0.3) is 0 Å². The first-order chi connectivity index (χ1) is 8.65.